The van der Waals surface area contributed by atoms with Crippen LogP contribution in [0.15, 0.2) is 24.6 Å². The minimum atomic E-state index is 0.381. The molecule has 0 aromatic rings. The van der Waals surface area contributed by atoms with Crippen molar-refractivity contribution >= 4 is 0 Å². The summed E-state index contributed by atoms with van der Waals surface area (Å²) in [5, 5.41) is 3.07. The van der Waals surface area contributed by atoms with Crippen LogP contribution in [-0.4, -0.2) is 46.2 Å². The lowest BCUT2D eigenvalue weighted by atomic mass is 10.5. The maximum absolute atomic E-state index is 5.33. The highest BCUT2D eigenvalue weighted by atomic mass is 16.5. The van der Waals surface area contributed by atoms with E-state index in [1.165, 1.54) is 0 Å². The molecule has 0 heterocycles. The monoisotopic (exact) mass is 244 g/mol. The Balaban J connectivity index is 2.98. The Hall–Kier alpha value is -1.04. The van der Waals surface area contributed by atoms with E-state index in [9.17, 15) is 0 Å². The number of ether oxygens (including phenoxy) is 3. The molecule has 0 atom stereocenters. The van der Waals surface area contributed by atoms with Gasteiger partial charge in [-0.1, -0.05) is 13.2 Å². The van der Waals surface area contributed by atoms with Gasteiger partial charge in [-0.25, -0.2) is 0 Å². The van der Waals surface area contributed by atoms with Gasteiger partial charge in [0.25, 0.3) is 0 Å². The Morgan fingerprint density at radius 1 is 1.00 bits per heavy atom. The fourth-order valence-corrected chi connectivity index (χ4v) is 0.980. The standard InChI is InChI=1S/C12H24N2O3/c1-11(2)14-4-5-15-6-7-16-8-9-17-10-12(3)13/h14H,1,3-10,13H2,2H3. The van der Waals surface area contributed by atoms with E-state index in [1.54, 1.807) is 0 Å². The largest absolute Gasteiger partial charge is 0.401 e. The second-order valence-electron chi connectivity index (χ2n) is 3.64. The summed E-state index contributed by atoms with van der Waals surface area (Å²) < 4.78 is 15.8. The van der Waals surface area contributed by atoms with Gasteiger partial charge in [0, 0.05) is 17.9 Å². The Kier molecular flexibility index (Phi) is 10.7. The maximum Gasteiger partial charge on any atom is 0.0855 e. The van der Waals surface area contributed by atoms with Crippen LogP contribution in [0.1, 0.15) is 6.92 Å². The quantitative estimate of drug-likeness (QED) is 0.493. The van der Waals surface area contributed by atoms with Gasteiger partial charge in [-0.05, 0) is 6.92 Å². The Labute approximate surface area is 104 Å². The lowest BCUT2D eigenvalue weighted by Crippen LogP contribution is -2.18. The second-order valence-corrected chi connectivity index (χ2v) is 3.64. The molecule has 0 saturated heterocycles. The molecule has 0 radical (unpaired) electrons. The molecular weight excluding hydrogens is 220 g/mol. The molecule has 5 nitrogen and oxygen atoms in total. The summed E-state index contributed by atoms with van der Waals surface area (Å²) in [5.74, 6) is 0. The van der Waals surface area contributed by atoms with Gasteiger partial charge in [0.1, 0.15) is 0 Å². The van der Waals surface area contributed by atoms with Crippen molar-refractivity contribution in [2.75, 3.05) is 46.2 Å². The van der Waals surface area contributed by atoms with Gasteiger partial charge in [-0.2, -0.15) is 0 Å². The third-order valence-corrected chi connectivity index (χ3v) is 1.70. The molecule has 0 saturated carbocycles. The number of nitrogens with two attached hydrogens (primary N) is 1. The zero-order chi connectivity index (χ0) is 12.9. The van der Waals surface area contributed by atoms with Crippen LogP contribution < -0.4 is 11.1 Å². The fraction of sp³-hybridized carbons (Fsp3) is 0.667. The van der Waals surface area contributed by atoms with E-state index < -0.39 is 0 Å². The van der Waals surface area contributed by atoms with Crippen molar-refractivity contribution in [3.05, 3.63) is 24.6 Å². The van der Waals surface area contributed by atoms with Crippen LogP contribution in [0.25, 0.3) is 0 Å². The van der Waals surface area contributed by atoms with Gasteiger partial charge in [-0.3, -0.25) is 0 Å². The minimum Gasteiger partial charge on any atom is -0.401 e. The third kappa shape index (κ3) is 15.0. The molecule has 0 fully saturated rings. The molecule has 17 heavy (non-hydrogen) atoms. The van der Waals surface area contributed by atoms with E-state index >= 15 is 0 Å². The van der Waals surface area contributed by atoms with Crippen LogP contribution >= 0.6 is 0 Å². The van der Waals surface area contributed by atoms with Crippen molar-refractivity contribution in [1.82, 2.24) is 5.32 Å². The van der Waals surface area contributed by atoms with E-state index in [-0.39, 0.29) is 0 Å². The molecule has 3 N–H and O–H groups in total. The summed E-state index contributed by atoms with van der Waals surface area (Å²) in [4.78, 5) is 0. The van der Waals surface area contributed by atoms with E-state index in [1.807, 2.05) is 6.92 Å². The first-order valence-electron chi connectivity index (χ1n) is 5.68. The first kappa shape index (κ1) is 16.0. The van der Waals surface area contributed by atoms with E-state index in [4.69, 9.17) is 19.9 Å². The molecule has 0 aliphatic rings. The van der Waals surface area contributed by atoms with Crippen molar-refractivity contribution < 1.29 is 14.2 Å². The number of nitrogens with one attached hydrogen (secondary N) is 1. The van der Waals surface area contributed by atoms with Crippen LogP contribution in [0.2, 0.25) is 0 Å². The van der Waals surface area contributed by atoms with Crippen LogP contribution in [0.4, 0.5) is 0 Å². The predicted octanol–water partition coefficient (Wildman–Crippen LogP) is 0.632. The van der Waals surface area contributed by atoms with Crippen LogP contribution in [0, 0.1) is 0 Å². The predicted molar refractivity (Wildman–Crippen MR) is 68.6 cm³/mol. The maximum atomic E-state index is 5.33. The first-order chi connectivity index (χ1) is 8.13. The summed E-state index contributed by atoms with van der Waals surface area (Å²) in [5.41, 5.74) is 6.80. The molecule has 0 spiro atoms. The summed E-state index contributed by atoms with van der Waals surface area (Å²) in [6.07, 6.45) is 0. The molecule has 0 aromatic carbocycles. The van der Waals surface area contributed by atoms with Crippen molar-refractivity contribution in [1.29, 1.82) is 0 Å². The zero-order valence-electron chi connectivity index (χ0n) is 10.7. The van der Waals surface area contributed by atoms with E-state index in [2.05, 4.69) is 18.5 Å². The first-order valence-corrected chi connectivity index (χ1v) is 5.68. The van der Waals surface area contributed by atoms with Crippen LogP contribution in [0.3, 0.4) is 0 Å². The summed E-state index contributed by atoms with van der Waals surface area (Å²) in [6.45, 7) is 13.2. The Morgan fingerprint density at radius 3 is 2.06 bits per heavy atom. The third-order valence-electron chi connectivity index (χ3n) is 1.70. The lowest BCUT2D eigenvalue weighted by molar-refractivity contribution is 0.0194. The molecule has 0 amide bonds. The lowest BCUT2D eigenvalue weighted by Gasteiger charge is -2.07. The van der Waals surface area contributed by atoms with Gasteiger partial charge in [0.2, 0.25) is 0 Å². The van der Waals surface area contributed by atoms with Crippen molar-refractivity contribution in [3.63, 3.8) is 0 Å². The SMILES string of the molecule is C=C(N)COCCOCCOCCNC(=C)C. The topological polar surface area (TPSA) is 65.7 Å². The van der Waals surface area contributed by atoms with E-state index in [0.717, 1.165) is 12.2 Å². The molecule has 5 heteroatoms. The van der Waals surface area contributed by atoms with Crippen molar-refractivity contribution in [2.24, 2.45) is 5.73 Å². The van der Waals surface area contributed by atoms with Crippen molar-refractivity contribution in [3.8, 4) is 0 Å². The zero-order valence-corrected chi connectivity index (χ0v) is 10.7. The molecule has 0 aromatic heterocycles. The fourth-order valence-electron chi connectivity index (χ4n) is 0.980. The number of allylic oxidation sites excluding steroid dienone is 1. The van der Waals surface area contributed by atoms with Gasteiger partial charge >= 0.3 is 0 Å². The highest BCUT2D eigenvalue weighted by molar-refractivity contribution is 4.85. The normalized spacial score (nSPS) is 10.2. The summed E-state index contributed by atoms with van der Waals surface area (Å²) in [7, 11) is 0. The van der Waals surface area contributed by atoms with Gasteiger partial charge in [-0.15, -0.1) is 0 Å². The molecular formula is C12H24N2O3. The highest BCUT2D eigenvalue weighted by Crippen LogP contribution is 1.84. The summed E-state index contributed by atoms with van der Waals surface area (Å²) >= 11 is 0. The molecule has 0 rings (SSSR count). The van der Waals surface area contributed by atoms with E-state index in [0.29, 0.717) is 45.3 Å². The van der Waals surface area contributed by atoms with Gasteiger partial charge in [0.15, 0.2) is 0 Å². The number of hydrogen-bond acceptors (Lipinski definition) is 5. The Morgan fingerprint density at radius 2 is 1.53 bits per heavy atom. The second kappa shape index (κ2) is 11.4. The molecule has 0 unspecified atom stereocenters. The van der Waals surface area contributed by atoms with Gasteiger partial charge < -0.3 is 25.3 Å². The molecule has 0 bridgehead atoms. The molecule has 0 aliphatic heterocycles. The smallest absolute Gasteiger partial charge is 0.0855 e. The highest BCUT2D eigenvalue weighted by Gasteiger charge is 1.92. The number of rotatable bonds is 12. The summed E-state index contributed by atoms with van der Waals surface area (Å²) in [6, 6.07) is 0. The molecule has 0 aliphatic carbocycles. The number of hydrogen-bond donors (Lipinski definition) is 2. The van der Waals surface area contributed by atoms with Crippen LogP contribution in [-0.2, 0) is 14.2 Å². The average Bonchev–Trinajstić information content (AvgIpc) is 2.25. The van der Waals surface area contributed by atoms with Crippen LogP contribution in [0.5, 0.6) is 0 Å². The van der Waals surface area contributed by atoms with Gasteiger partial charge in [0.05, 0.1) is 39.6 Å². The molecule has 100 valence electrons. The minimum absolute atomic E-state index is 0.381. The average molecular weight is 244 g/mol. The Bertz CT molecular complexity index is 198. The van der Waals surface area contributed by atoms with Crippen molar-refractivity contribution in [2.45, 2.75) is 6.92 Å².